The molecular formula is C9H12N2O4. The van der Waals surface area contributed by atoms with Gasteiger partial charge in [0.1, 0.15) is 11.9 Å². The van der Waals surface area contributed by atoms with Crippen LogP contribution in [0.4, 0.5) is 5.82 Å². The summed E-state index contributed by atoms with van der Waals surface area (Å²) in [6, 6.07) is 3.04. The van der Waals surface area contributed by atoms with Gasteiger partial charge in [0, 0.05) is 0 Å². The number of nitrogens with zero attached hydrogens (tertiary/aromatic N) is 1. The Morgan fingerprint density at radius 2 is 2.07 bits per heavy atom. The van der Waals surface area contributed by atoms with Gasteiger partial charge in [-0.05, 0) is 24.6 Å². The molecule has 82 valence electrons. The number of aliphatic carboxylic acids is 1. The van der Waals surface area contributed by atoms with Gasteiger partial charge in [-0.25, -0.2) is 9.78 Å². The maximum atomic E-state index is 10.4. The zero-order valence-electron chi connectivity index (χ0n) is 8.08. The fraction of sp³-hybridized carbons (Fsp3) is 0.333. The van der Waals surface area contributed by atoms with Crippen LogP contribution in [0.25, 0.3) is 0 Å². The number of hydrogen-bond acceptors (Lipinski definition) is 5. The number of hydrogen-bond donors (Lipinski definition) is 4. The van der Waals surface area contributed by atoms with Crippen molar-refractivity contribution < 1.29 is 20.1 Å². The molecule has 1 aromatic rings. The highest BCUT2D eigenvalue weighted by Gasteiger charge is 2.26. The highest BCUT2D eigenvalue weighted by molar-refractivity contribution is 5.72. The van der Waals surface area contributed by atoms with E-state index >= 15 is 0 Å². The van der Waals surface area contributed by atoms with Crippen LogP contribution in [-0.2, 0) is 4.79 Å². The Balaban J connectivity index is 3.00. The van der Waals surface area contributed by atoms with Gasteiger partial charge in [-0.15, -0.1) is 0 Å². The summed E-state index contributed by atoms with van der Waals surface area (Å²) in [6.07, 6.45) is -3.48. The summed E-state index contributed by atoms with van der Waals surface area (Å²) in [5.41, 5.74) is 6.20. The van der Waals surface area contributed by atoms with Gasteiger partial charge in [0.25, 0.3) is 0 Å². The van der Waals surface area contributed by atoms with Crippen molar-refractivity contribution in [2.75, 3.05) is 5.73 Å². The van der Waals surface area contributed by atoms with E-state index in [1.165, 1.54) is 6.07 Å². The first kappa shape index (κ1) is 11.4. The molecule has 15 heavy (non-hydrogen) atoms. The molecule has 0 fully saturated rings. The molecule has 0 amide bonds. The van der Waals surface area contributed by atoms with E-state index in [1.807, 2.05) is 0 Å². The number of nitrogens with two attached hydrogens (primary N) is 1. The van der Waals surface area contributed by atoms with E-state index in [0.29, 0.717) is 0 Å². The number of carboxylic acid groups (broad SMARTS) is 1. The topological polar surface area (TPSA) is 117 Å². The number of aryl methyl sites for hydroxylation is 1. The monoisotopic (exact) mass is 212 g/mol. The molecule has 1 rings (SSSR count). The molecular weight excluding hydrogens is 200 g/mol. The Morgan fingerprint density at radius 1 is 1.47 bits per heavy atom. The molecule has 6 nitrogen and oxygen atoms in total. The molecule has 6 heteroatoms. The highest BCUT2D eigenvalue weighted by atomic mass is 16.4. The summed E-state index contributed by atoms with van der Waals surface area (Å²) in [5.74, 6) is -1.34. The fourth-order valence-electron chi connectivity index (χ4n) is 1.17. The smallest absolute Gasteiger partial charge is 0.335 e. The van der Waals surface area contributed by atoms with Crippen molar-refractivity contribution in [3.05, 3.63) is 23.4 Å². The number of aromatic nitrogens is 1. The summed E-state index contributed by atoms with van der Waals surface area (Å²) in [4.78, 5) is 14.2. The van der Waals surface area contributed by atoms with Crippen molar-refractivity contribution in [2.24, 2.45) is 0 Å². The summed E-state index contributed by atoms with van der Waals surface area (Å²) in [6.45, 7) is 1.72. The van der Waals surface area contributed by atoms with Crippen molar-refractivity contribution in [1.82, 2.24) is 4.98 Å². The number of aliphatic hydroxyl groups is 2. The molecule has 1 heterocycles. The minimum atomic E-state index is -1.90. The second-order valence-corrected chi connectivity index (χ2v) is 3.22. The van der Waals surface area contributed by atoms with E-state index in [1.54, 1.807) is 13.0 Å². The number of anilines is 1. The Kier molecular flexibility index (Phi) is 3.23. The van der Waals surface area contributed by atoms with E-state index in [0.717, 1.165) is 5.56 Å². The van der Waals surface area contributed by atoms with E-state index in [4.69, 9.17) is 15.9 Å². The van der Waals surface area contributed by atoms with Crippen LogP contribution in [-0.4, -0.2) is 32.4 Å². The van der Waals surface area contributed by atoms with E-state index < -0.39 is 18.2 Å². The van der Waals surface area contributed by atoms with Gasteiger partial charge < -0.3 is 21.1 Å². The van der Waals surface area contributed by atoms with Crippen LogP contribution in [0, 0.1) is 6.92 Å². The third kappa shape index (κ3) is 2.64. The molecule has 0 aliphatic rings. The van der Waals surface area contributed by atoms with E-state index in [9.17, 15) is 9.90 Å². The van der Waals surface area contributed by atoms with Crippen molar-refractivity contribution in [2.45, 2.75) is 19.1 Å². The number of pyridine rings is 1. The summed E-state index contributed by atoms with van der Waals surface area (Å²) in [7, 11) is 0. The van der Waals surface area contributed by atoms with Gasteiger partial charge in [-0.1, -0.05) is 0 Å². The van der Waals surface area contributed by atoms with Gasteiger partial charge in [0.05, 0.1) is 5.69 Å². The largest absolute Gasteiger partial charge is 0.479 e. The molecule has 0 saturated carbocycles. The first-order valence-electron chi connectivity index (χ1n) is 4.25. The normalized spacial score (nSPS) is 14.6. The standard InChI is InChI=1S/C9H12N2O4/c1-4-2-5(11-6(10)3-4)7(12)8(13)9(14)15/h2-3,7-8,12-13H,1H3,(H2,10,11)(H,14,15). The Bertz CT molecular complexity index is 360. The van der Waals surface area contributed by atoms with Gasteiger partial charge in [0.2, 0.25) is 0 Å². The molecule has 0 aliphatic carbocycles. The lowest BCUT2D eigenvalue weighted by atomic mass is 10.1. The number of rotatable bonds is 3. The Labute approximate surface area is 86.0 Å². The van der Waals surface area contributed by atoms with Crippen LogP contribution in [0.15, 0.2) is 12.1 Å². The summed E-state index contributed by atoms with van der Waals surface area (Å²) in [5, 5.41) is 27.0. The van der Waals surface area contributed by atoms with E-state index in [-0.39, 0.29) is 11.5 Å². The molecule has 0 aliphatic heterocycles. The molecule has 2 unspecified atom stereocenters. The first-order valence-corrected chi connectivity index (χ1v) is 4.25. The van der Waals surface area contributed by atoms with Crippen molar-refractivity contribution >= 4 is 11.8 Å². The summed E-state index contributed by atoms with van der Waals surface area (Å²) >= 11 is 0. The van der Waals surface area contributed by atoms with Crippen LogP contribution in [0.3, 0.4) is 0 Å². The molecule has 0 spiro atoms. The summed E-state index contributed by atoms with van der Waals surface area (Å²) < 4.78 is 0. The second-order valence-electron chi connectivity index (χ2n) is 3.22. The van der Waals surface area contributed by atoms with Crippen molar-refractivity contribution in [3.63, 3.8) is 0 Å². The Morgan fingerprint density at radius 3 is 2.53 bits per heavy atom. The van der Waals surface area contributed by atoms with Crippen LogP contribution < -0.4 is 5.73 Å². The molecule has 0 radical (unpaired) electrons. The quantitative estimate of drug-likeness (QED) is 0.534. The van der Waals surface area contributed by atoms with Crippen molar-refractivity contribution in [3.8, 4) is 0 Å². The maximum Gasteiger partial charge on any atom is 0.335 e. The zero-order valence-corrected chi connectivity index (χ0v) is 8.08. The SMILES string of the molecule is Cc1cc(N)nc(C(O)C(O)C(=O)O)c1. The van der Waals surface area contributed by atoms with Crippen molar-refractivity contribution in [1.29, 1.82) is 0 Å². The molecule has 0 saturated heterocycles. The molecule has 1 aromatic heterocycles. The van der Waals surface area contributed by atoms with Crippen LogP contribution in [0.2, 0.25) is 0 Å². The Hall–Kier alpha value is -1.66. The molecule has 0 bridgehead atoms. The van der Waals surface area contributed by atoms with Gasteiger partial charge in [0.15, 0.2) is 6.10 Å². The highest BCUT2D eigenvalue weighted by Crippen LogP contribution is 2.17. The third-order valence-corrected chi connectivity index (χ3v) is 1.86. The molecule has 5 N–H and O–H groups in total. The minimum Gasteiger partial charge on any atom is -0.479 e. The second kappa shape index (κ2) is 4.24. The third-order valence-electron chi connectivity index (χ3n) is 1.86. The average molecular weight is 212 g/mol. The lowest BCUT2D eigenvalue weighted by Gasteiger charge is -2.14. The van der Waals surface area contributed by atoms with Gasteiger partial charge in [-0.2, -0.15) is 0 Å². The van der Waals surface area contributed by atoms with Crippen LogP contribution in [0.1, 0.15) is 17.4 Å². The first-order chi connectivity index (χ1) is 6.91. The number of carbonyl (C=O) groups is 1. The lowest BCUT2D eigenvalue weighted by molar-refractivity contribution is -0.153. The number of carboxylic acids is 1. The van der Waals surface area contributed by atoms with Gasteiger partial charge in [-0.3, -0.25) is 0 Å². The predicted octanol–water partition coefficient (Wildman–Crippen LogP) is -0.549. The number of aliphatic hydroxyl groups excluding tert-OH is 2. The van der Waals surface area contributed by atoms with E-state index in [2.05, 4.69) is 4.98 Å². The van der Waals surface area contributed by atoms with Crippen LogP contribution >= 0.6 is 0 Å². The van der Waals surface area contributed by atoms with Gasteiger partial charge >= 0.3 is 5.97 Å². The molecule has 2 atom stereocenters. The minimum absolute atomic E-state index is 0.0439. The fourth-order valence-corrected chi connectivity index (χ4v) is 1.17. The van der Waals surface area contributed by atoms with Crippen LogP contribution in [0.5, 0.6) is 0 Å². The molecule has 0 aromatic carbocycles. The average Bonchev–Trinajstić information content (AvgIpc) is 2.13. The lowest BCUT2D eigenvalue weighted by Crippen LogP contribution is -2.28. The number of nitrogen functional groups attached to an aromatic ring is 1. The zero-order chi connectivity index (χ0) is 11.6. The maximum absolute atomic E-state index is 10.4. The predicted molar refractivity (Wildman–Crippen MR) is 52.0 cm³/mol.